The van der Waals surface area contributed by atoms with E-state index >= 15 is 0 Å². The topological polar surface area (TPSA) is 93.1 Å². The molecule has 2 aromatic heterocycles. The van der Waals surface area contributed by atoms with E-state index in [2.05, 4.69) is 15.0 Å². The summed E-state index contributed by atoms with van der Waals surface area (Å²) in [6, 6.07) is 11.5. The van der Waals surface area contributed by atoms with Crippen LogP contribution in [0.1, 0.15) is 18.1 Å². The van der Waals surface area contributed by atoms with Gasteiger partial charge in [-0.05, 0) is 36.8 Å². The molecule has 3 rings (SSSR count). The van der Waals surface area contributed by atoms with E-state index in [1.54, 1.807) is 6.20 Å². The first kappa shape index (κ1) is 14.8. The van der Waals surface area contributed by atoms with Crippen LogP contribution < -0.4 is 11.5 Å². The molecule has 116 valence electrons. The van der Waals surface area contributed by atoms with Crippen molar-refractivity contribution >= 4 is 34.2 Å². The van der Waals surface area contributed by atoms with Crippen LogP contribution in [0.15, 0.2) is 53.8 Å². The van der Waals surface area contributed by atoms with Crippen LogP contribution in [-0.4, -0.2) is 22.7 Å². The number of aliphatic imine (C=N–C) groups is 1. The third kappa shape index (κ3) is 2.94. The third-order valence-electron chi connectivity index (χ3n) is 3.64. The smallest absolute Gasteiger partial charge is 0.137 e. The Labute approximate surface area is 134 Å². The highest BCUT2D eigenvalue weighted by Crippen LogP contribution is 2.27. The summed E-state index contributed by atoms with van der Waals surface area (Å²) in [4.78, 5) is 11.8. The second-order valence-electron chi connectivity index (χ2n) is 5.18. The van der Waals surface area contributed by atoms with Gasteiger partial charge in [-0.3, -0.25) is 4.99 Å². The van der Waals surface area contributed by atoms with Gasteiger partial charge < -0.3 is 16.5 Å². The summed E-state index contributed by atoms with van der Waals surface area (Å²) in [5.41, 5.74) is 17.2. The van der Waals surface area contributed by atoms with Gasteiger partial charge >= 0.3 is 0 Å². The van der Waals surface area contributed by atoms with Gasteiger partial charge in [-0.25, -0.2) is 4.98 Å². The monoisotopic (exact) mass is 305 g/mol. The van der Waals surface area contributed by atoms with Gasteiger partial charge in [0.25, 0.3) is 0 Å². The summed E-state index contributed by atoms with van der Waals surface area (Å²) in [6.45, 7) is 2.68. The Morgan fingerprint density at radius 3 is 2.96 bits per heavy atom. The molecule has 0 radical (unpaired) electrons. The third-order valence-corrected chi connectivity index (χ3v) is 3.64. The van der Waals surface area contributed by atoms with Gasteiger partial charge in [0, 0.05) is 53.1 Å². The van der Waals surface area contributed by atoms with E-state index < -0.39 is 0 Å². The van der Waals surface area contributed by atoms with Crippen molar-refractivity contribution in [2.45, 2.75) is 6.92 Å². The largest absolute Gasteiger partial charge is 0.399 e. The van der Waals surface area contributed by atoms with E-state index in [1.165, 1.54) is 0 Å². The second-order valence-corrected chi connectivity index (χ2v) is 5.18. The molecule has 0 atom stereocenters. The van der Waals surface area contributed by atoms with Crippen LogP contribution in [-0.2, 0) is 0 Å². The predicted molar refractivity (Wildman–Crippen MR) is 97.0 cm³/mol. The van der Waals surface area contributed by atoms with E-state index in [4.69, 9.17) is 11.5 Å². The van der Waals surface area contributed by atoms with Crippen LogP contribution in [0, 0.1) is 0 Å². The summed E-state index contributed by atoms with van der Waals surface area (Å²) in [5.74, 6) is 0. The molecule has 0 saturated carbocycles. The Morgan fingerprint density at radius 1 is 1.30 bits per heavy atom. The van der Waals surface area contributed by atoms with Crippen molar-refractivity contribution in [2.75, 3.05) is 12.3 Å². The maximum atomic E-state index is 6.44. The molecule has 0 aliphatic rings. The summed E-state index contributed by atoms with van der Waals surface area (Å²) < 4.78 is 0. The number of benzene rings is 1. The van der Waals surface area contributed by atoms with Crippen molar-refractivity contribution in [3.8, 4) is 0 Å². The molecule has 5 N–H and O–H groups in total. The number of hydrogen-bond donors (Lipinski definition) is 3. The van der Waals surface area contributed by atoms with Gasteiger partial charge in [-0.15, -0.1) is 0 Å². The van der Waals surface area contributed by atoms with Crippen LogP contribution in [0.3, 0.4) is 0 Å². The lowest BCUT2D eigenvalue weighted by molar-refractivity contribution is 1.14. The fourth-order valence-corrected chi connectivity index (χ4v) is 2.52. The van der Waals surface area contributed by atoms with Gasteiger partial charge in [-0.1, -0.05) is 12.1 Å². The number of aromatic amines is 1. The lowest BCUT2D eigenvalue weighted by Gasteiger charge is -2.10. The van der Waals surface area contributed by atoms with E-state index in [0.717, 1.165) is 27.7 Å². The molecule has 0 aliphatic carbocycles. The summed E-state index contributed by atoms with van der Waals surface area (Å²) in [7, 11) is 0. The van der Waals surface area contributed by atoms with Crippen molar-refractivity contribution in [1.82, 2.24) is 9.97 Å². The zero-order valence-electron chi connectivity index (χ0n) is 13.0. The molecule has 0 bridgehead atoms. The van der Waals surface area contributed by atoms with Crippen molar-refractivity contribution in [1.29, 1.82) is 0 Å². The van der Waals surface area contributed by atoms with Crippen LogP contribution in [0.25, 0.3) is 22.3 Å². The lowest BCUT2D eigenvalue weighted by atomic mass is 9.99. The highest BCUT2D eigenvalue weighted by molar-refractivity contribution is 6.22. The number of allylic oxidation sites excluding steroid dienone is 1. The van der Waals surface area contributed by atoms with E-state index in [-0.39, 0.29) is 0 Å². The van der Waals surface area contributed by atoms with Gasteiger partial charge in [0.2, 0.25) is 0 Å². The normalized spacial score (nSPS) is 12.7. The number of fused-ring (bicyclic) bond motifs is 1. The summed E-state index contributed by atoms with van der Waals surface area (Å²) in [6.07, 6.45) is 5.45. The minimum atomic E-state index is 0.642. The maximum absolute atomic E-state index is 6.44. The summed E-state index contributed by atoms with van der Waals surface area (Å²) in [5, 5.41) is 1.01. The minimum Gasteiger partial charge on any atom is -0.399 e. The van der Waals surface area contributed by atoms with Gasteiger partial charge in [0.15, 0.2) is 0 Å². The Balaban J connectivity index is 2.24. The van der Waals surface area contributed by atoms with Crippen molar-refractivity contribution in [3.63, 3.8) is 0 Å². The number of rotatable bonds is 4. The molecule has 2 heterocycles. The van der Waals surface area contributed by atoms with Crippen molar-refractivity contribution in [2.24, 2.45) is 10.7 Å². The standard InChI is InChI=1S/C18H19N5/c1-2-21-11-16(17(20)12-4-3-5-13(19)10-12)14-6-8-22-18-15(14)7-9-23-18/h3-11H,2,19-20H2,1H3,(H,22,23). The second kappa shape index (κ2) is 6.36. The van der Waals surface area contributed by atoms with E-state index in [0.29, 0.717) is 17.9 Å². The number of nitrogen functional groups attached to an aromatic ring is 1. The quantitative estimate of drug-likeness (QED) is 0.511. The average molecular weight is 305 g/mol. The molecule has 0 spiro atoms. The zero-order valence-corrected chi connectivity index (χ0v) is 13.0. The van der Waals surface area contributed by atoms with Crippen molar-refractivity contribution in [3.05, 3.63) is 59.9 Å². The van der Waals surface area contributed by atoms with Crippen LogP contribution in [0.5, 0.6) is 0 Å². The lowest BCUT2D eigenvalue weighted by Crippen LogP contribution is -2.04. The highest BCUT2D eigenvalue weighted by Gasteiger charge is 2.11. The first-order valence-corrected chi connectivity index (χ1v) is 7.48. The van der Waals surface area contributed by atoms with E-state index in [1.807, 2.05) is 55.7 Å². The van der Waals surface area contributed by atoms with E-state index in [9.17, 15) is 0 Å². The van der Waals surface area contributed by atoms with Crippen molar-refractivity contribution < 1.29 is 0 Å². The van der Waals surface area contributed by atoms with Crippen LogP contribution in [0.2, 0.25) is 0 Å². The van der Waals surface area contributed by atoms with Gasteiger partial charge in [-0.2, -0.15) is 0 Å². The molecule has 1 aromatic carbocycles. The number of nitrogens with one attached hydrogen (secondary N) is 1. The Hall–Kier alpha value is -3.08. The molecule has 0 amide bonds. The SMILES string of the molecule is CCN=CC(=C(N)c1cccc(N)c1)c1ccnc2[nH]ccc12. The van der Waals surface area contributed by atoms with Gasteiger partial charge in [0.05, 0.1) is 0 Å². The maximum Gasteiger partial charge on any atom is 0.137 e. The molecule has 3 aromatic rings. The zero-order chi connectivity index (χ0) is 16.2. The van der Waals surface area contributed by atoms with Gasteiger partial charge in [0.1, 0.15) is 5.65 Å². The van der Waals surface area contributed by atoms with Crippen LogP contribution in [0.4, 0.5) is 5.69 Å². The molecule has 5 heteroatoms. The molecule has 23 heavy (non-hydrogen) atoms. The number of nitrogens with zero attached hydrogens (tertiary/aromatic N) is 2. The average Bonchev–Trinajstić information content (AvgIpc) is 3.04. The molecule has 0 aliphatic heterocycles. The molecule has 0 saturated heterocycles. The molecule has 0 unspecified atom stereocenters. The molecular formula is C18H19N5. The first-order valence-electron chi connectivity index (χ1n) is 7.48. The highest BCUT2D eigenvalue weighted by atomic mass is 14.8. The number of aromatic nitrogens is 2. The Morgan fingerprint density at radius 2 is 2.17 bits per heavy atom. The van der Waals surface area contributed by atoms with Crippen LogP contribution >= 0.6 is 0 Å². The minimum absolute atomic E-state index is 0.642. The first-order chi connectivity index (χ1) is 11.2. The number of hydrogen-bond acceptors (Lipinski definition) is 4. The molecular weight excluding hydrogens is 286 g/mol. The Bertz CT molecular complexity index is 889. The fraction of sp³-hybridized carbons (Fsp3) is 0.111. The molecule has 0 fully saturated rings. The number of pyridine rings is 1. The molecule has 5 nitrogen and oxygen atoms in total. The fourth-order valence-electron chi connectivity index (χ4n) is 2.52. The summed E-state index contributed by atoms with van der Waals surface area (Å²) >= 11 is 0. The number of H-pyrrole nitrogens is 1. The predicted octanol–water partition coefficient (Wildman–Crippen LogP) is 3.06. The Kier molecular flexibility index (Phi) is 4.10. The number of nitrogens with two attached hydrogens (primary N) is 2. The number of anilines is 1.